The Hall–Kier alpha value is -12.1. The van der Waals surface area contributed by atoms with E-state index in [-0.39, 0.29) is 0 Å². The zero-order chi connectivity index (χ0) is 67.5. The summed E-state index contributed by atoms with van der Waals surface area (Å²) in [5.41, 5.74) is 16.2. The summed E-state index contributed by atoms with van der Waals surface area (Å²) in [6.45, 7) is 0. The van der Waals surface area contributed by atoms with Crippen molar-refractivity contribution in [3.05, 3.63) is 376 Å². The van der Waals surface area contributed by atoms with Gasteiger partial charge in [0.2, 0.25) is 0 Å². The molecule has 0 aliphatic rings. The van der Waals surface area contributed by atoms with Crippen molar-refractivity contribution in [2.75, 3.05) is 19.6 Å². The number of hydrogen-bond donors (Lipinski definition) is 0. The number of hydrogen-bond acceptors (Lipinski definition) is 8. The fourth-order valence-corrected chi connectivity index (χ4v) is 19.1. The number of benzene rings is 16. The van der Waals surface area contributed by atoms with Crippen molar-refractivity contribution in [2.24, 2.45) is 0 Å². The van der Waals surface area contributed by atoms with Gasteiger partial charge in [-0.25, -0.2) is 0 Å². The van der Waals surface area contributed by atoms with Gasteiger partial charge < -0.3 is 19.6 Å². The molecule has 0 amide bonds. The number of nitrogens with zero attached hydrogens (tertiary/aromatic N) is 4. The first-order valence-electron chi connectivity index (χ1n) is 34.3. The van der Waals surface area contributed by atoms with Gasteiger partial charge in [-0.05, 0) is 192 Å². The molecule has 0 fully saturated rings. The molecule has 20 rings (SSSR count). The molecule has 102 heavy (non-hydrogen) atoms. The molecule has 8 heteroatoms. The smallest absolute Gasteiger partial charge is 0.0540 e. The van der Waals surface area contributed by atoms with Crippen LogP contribution in [0.2, 0.25) is 0 Å². The van der Waals surface area contributed by atoms with Crippen LogP contribution in [0, 0.1) is 0 Å². The number of thiophene rings is 4. The van der Waals surface area contributed by atoms with E-state index in [1.165, 1.54) is 108 Å². The van der Waals surface area contributed by atoms with Crippen molar-refractivity contribution >= 4 is 205 Å². The van der Waals surface area contributed by atoms with Gasteiger partial charge in [-0.1, -0.05) is 200 Å². The van der Waals surface area contributed by atoms with Crippen LogP contribution in [0.15, 0.2) is 376 Å². The standard InChI is InChI=1S/C48H32N2S2.C46H30N2S2/c1-4-12-33(13-5-1)34-20-22-37(23-21-34)49(35-14-6-2-7-15-35)38-25-29-47-44(30-38)42-27-24-40(32-48(42)52-47)50(36-16-8-3-9-17-36)39-26-28-46-43(31-39)41-18-10-11-19-45(41)51-46;1-3-14-32(15-4-1)47(34-23-26-44-40(28-34)38-19-9-10-21-43(38)49-44)36-22-25-39-41-29-35(24-27-45(41)50-46(39)30-36)48(33-16-5-2-6-17-33)42-20-11-13-31-12-7-8-18-37(31)42/h1-32H;1-30H. The summed E-state index contributed by atoms with van der Waals surface area (Å²) in [7, 11) is 0. The highest BCUT2D eigenvalue weighted by Gasteiger charge is 2.22. The molecule has 0 saturated heterocycles. The van der Waals surface area contributed by atoms with Crippen LogP contribution in [-0.2, 0) is 0 Å². The van der Waals surface area contributed by atoms with Gasteiger partial charge in [0.1, 0.15) is 0 Å². The molecule has 0 aliphatic carbocycles. The molecule has 0 unspecified atom stereocenters. The summed E-state index contributed by atoms with van der Waals surface area (Å²) in [4.78, 5) is 9.52. The third-order valence-electron chi connectivity index (χ3n) is 19.4. The SMILES string of the molecule is c1ccc(-c2ccc(N(c3ccccc3)c3ccc4sc5cc(N(c6ccccc6)c6ccc7sc8ccccc8c7c6)ccc5c4c3)cc2)cc1.c1ccc(N(c2ccc3c(c2)sc2ccc(N(c4ccccc4)c4cccc5ccccc45)cc23)c2ccc3sc4ccccc4c3c2)cc1. The lowest BCUT2D eigenvalue weighted by molar-refractivity contribution is 1.29. The Morgan fingerprint density at radius 2 is 0.422 bits per heavy atom. The quantitative estimate of drug-likeness (QED) is 0.114. The Morgan fingerprint density at radius 3 is 0.863 bits per heavy atom. The number of fused-ring (bicyclic) bond motifs is 13. The van der Waals surface area contributed by atoms with Gasteiger partial charge in [-0.2, -0.15) is 0 Å². The van der Waals surface area contributed by atoms with E-state index in [1.54, 1.807) is 0 Å². The molecule has 0 bridgehead atoms. The summed E-state index contributed by atoms with van der Waals surface area (Å²) in [6, 6.07) is 136. The second-order valence-corrected chi connectivity index (χ2v) is 29.9. The molecule has 482 valence electrons. The van der Waals surface area contributed by atoms with Crippen LogP contribution in [0.4, 0.5) is 68.2 Å². The zero-order valence-corrected chi connectivity index (χ0v) is 58.5. The average Bonchev–Trinajstić information content (AvgIpc) is 1.55. The number of anilines is 12. The molecule has 0 radical (unpaired) electrons. The fourth-order valence-electron chi connectivity index (χ4n) is 14.7. The van der Waals surface area contributed by atoms with Crippen molar-refractivity contribution in [3.63, 3.8) is 0 Å². The van der Waals surface area contributed by atoms with Gasteiger partial charge in [-0.15, -0.1) is 45.3 Å². The highest BCUT2D eigenvalue weighted by atomic mass is 32.1. The van der Waals surface area contributed by atoms with Crippen LogP contribution in [0.3, 0.4) is 0 Å². The predicted octanol–water partition coefficient (Wildman–Crippen LogP) is 29.5. The maximum absolute atomic E-state index is 2.39. The van der Waals surface area contributed by atoms with Gasteiger partial charge in [0.25, 0.3) is 0 Å². The van der Waals surface area contributed by atoms with Crippen LogP contribution in [0.5, 0.6) is 0 Å². The molecule has 0 saturated carbocycles. The lowest BCUT2D eigenvalue weighted by Gasteiger charge is -2.27. The predicted molar refractivity (Wildman–Crippen MR) is 446 cm³/mol. The summed E-state index contributed by atoms with van der Waals surface area (Å²) in [5, 5.41) is 12.8. The largest absolute Gasteiger partial charge is 0.310 e. The Labute approximate surface area is 607 Å². The van der Waals surface area contributed by atoms with E-state index < -0.39 is 0 Å². The van der Waals surface area contributed by atoms with Crippen molar-refractivity contribution in [1.82, 2.24) is 0 Å². The van der Waals surface area contributed by atoms with Gasteiger partial charge in [0.15, 0.2) is 0 Å². The normalized spacial score (nSPS) is 11.5. The highest BCUT2D eigenvalue weighted by Crippen LogP contribution is 2.49. The Kier molecular flexibility index (Phi) is 15.7. The molecule has 16 aromatic carbocycles. The van der Waals surface area contributed by atoms with Gasteiger partial charge >= 0.3 is 0 Å². The second kappa shape index (κ2) is 26.2. The maximum Gasteiger partial charge on any atom is 0.0540 e. The molecule has 0 N–H and O–H groups in total. The van der Waals surface area contributed by atoms with Crippen LogP contribution in [-0.4, -0.2) is 0 Å². The minimum Gasteiger partial charge on any atom is -0.310 e. The number of rotatable bonds is 13. The zero-order valence-electron chi connectivity index (χ0n) is 55.2. The van der Waals surface area contributed by atoms with E-state index in [0.29, 0.717) is 0 Å². The lowest BCUT2D eigenvalue weighted by Crippen LogP contribution is -2.10. The second-order valence-electron chi connectivity index (χ2n) is 25.6. The van der Waals surface area contributed by atoms with E-state index in [1.807, 2.05) is 45.3 Å². The van der Waals surface area contributed by atoms with Crippen LogP contribution in [0.1, 0.15) is 0 Å². The fraction of sp³-hybridized carbons (Fsp3) is 0. The minimum atomic E-state index is 1.13. The third kappa shape index (κ3) is 11.2. The topological polar surface area (TPSA) is 13.0 Å². The first-order valence-corrected chi connectivity index (χ1v) is 37.6. The average molecular weight is 1380 g/mol. The van der Waals surface area contributed by atoms with Crippen LogP contribution < -0.4 is 19.6 Å². The van der Waals surface area contributed by atoms with Gasteiger partial charge in [-0.3, -0.25) is 0 Å². The molecule has 4 aromatic heterocycles. The van der Waals surface area contributed by atoms with Crippen LogP contribution in [0.25, 0.3) is 103 Å². The monoisotopic (exact) mass is 1370 g/mol. The van der Waals surface area contributed by atoms with Gasteiger partial charge in [0, 0.05) is 149 Å². The molecule has 0 spiro atoms. The van der Waals surface area contributed by atoms with Crippen molar-refractivity contribution in [2.45, 2.75) is 0 Å². The first kappa shape index (κ1) is 61.0. The molecule has 0 atom stereocenters. The summed E-state index contributed by atoms with van der Waals surface area (Å²) in [6.07, 6.45) is 0. The maximum atomic E-state index is 2.39. The molecular weight excluding hydrogens is 1310 g/mol. The van der Waals surface area contributed by atoms with E-state index in [2.05, 4.69) is 396 Å². The summed E-state index contributed by atoms with van der Waals surface area (Å²) >= 11 is 7.43. The molecular formula is C94H62N4S4. The molecule has 4 nitrogen and oxygen atoms in total. The summed E-state index contributed by atoms with van der Waals surface area (Å²) in [5.74, 6) is 0. The Bertz CT molecular complexity index is 6460. The third-order valence-corrected chi connectivity index (χ3v) is 24.0. The highest BCUT2D eigenvalue weighted by molar-refractivity contribution is 7.27. The van der Waals surface area contributed by atoms with Gasteiger partial charge in [0.05, 0.1) is 5.69 Å². The van der Waals surface area contributed by atoms with Crippen molar-refractivity contribution < 1.29 is 0 Å². The lowest BCUT2D eigenvalue weighted by atomic mass is 10.0. The van der Waals surface area contributed by atoms with E-state index in [0.717, 1.165) is 62.6 Å². The Balaban J connectivity index is 0.000000141. The van der Waals surface area contributed by atoms with E-state index in [9.17, 15) is 0 Å². The molecule has 20 aromatic rings. The number of para-hydroxylation sites is 4. The van der Waals surface area contributed by atoms with Crippen molar-refractivity contribution in [3.8, 4) is 11.1 Å². The minimum absolute atomic E-state index is 1.13. The Morgan fingerprint density at radius 1 is 0.147 bits per heavy atom. The molecule has 4 heterocycles. The summed E-state index contributed by atoms with van der Waals surface area (Å²) < 4.78 is 10.4. The van der Waals surface area contributed by atoms with E-state index >= 15 is 0 Å². The van der Waals surface area contributed by atoms with Crippen molar-refractivity contribution in [1.29, 1.82) is 0 Å². The van der Waals surface area contributed by atoms with Crippen LogP contribution >= 0.6 is 45.3 Å². The first-order chi connectivity index (χ1) is 50.5. The van der Waals surface area contributed by atoms with E-state index in [4.69, 9.17) is 0 Å². The molecule has 0 aliphatic heterocycles.